The number of aliphatic carboxylic acids is 2. The number of carboxylic acids is 2. The lowest BCUT2D eigenvalue weighted by molar-refractivity contribution is -0.134. The largest absolute Gasteiger partial charge is 0.478 e. The molecule has 4 rings (SSSR count). The smallest absolute Gasteiger partial charge is 0.328 e. The molecule has 0 spiro atoms. The van der Waals surface area contributed by atoms with Gasteiger partial charge in [0.05, 0.1) is 5.56 Å². The van der Waals surface area contributed by atoms with Crippen molar-refractivity contribution < 1.29 is 29.1 Å². The molecule has 1 amide bonds. The van der Waals surface area contributed by atoms with Gasteiger partial charge in [0.1, 0.15) is 0 Å². The summed E-state index contributed by atoms with van der Waals surface area (Å²) in [5, 5.41) is 22.3. The molecule has 2 aromatic heterocycles. The molecule has 11 nitrogen and oxygen atoms in total. The summed E-state index contributed by atoms with van der Waals surface area (Å²) in [4.78, 5) is 42.0. The molecule has 1 aliphatic heterocycles. The number of piperidine rings is 1. The average molecular weight is 508 g/mol. The number of benzene rings is 1. The van der Waals surface area contributed by atoms with Crippen LogP contribution in [0.1, 0.15) is 35.4 Å². The van der Waals surface area contributed by atoms with Gasteiger partial charge in [-0.05, 0) is 56.0 Å². The summed E-state index contributed by atoms with van der Waals surface area (Å²) >= 11 is 0. The van der Waals surface area contributed by atoms with Crippen molar-refractivity contribution in [1.82, 2.24) is 25.3 Å². The highest BCUT2D eigenvalue weighted by Crippen LogP contribution is 2.21. The lowest BCUT2D eigenvalue weighted by Crippen LogP contribution is -2.35. The first-order valence-corrected chi connectivity index (χ1v) is 11.8. The Labute approximate surface area is 213 Å². The Bertz CT molecular complexity index is 1160. The molecule has 3 aromatic rings. The van der Waals surface area contributed by atoms with E-state index < -0.39 is 11.9 Å². The summed E-state index contributed by atoms with van der Waals surface area (Å²) in [7, 11) is 0. The van der Waals surface area contributed by atoms with Crippen molar-refractivity contribution in [2.75, 3.05) is 19.6 Å². The maximum absolute atomic E-state index is 12.3. The lowest BCUT2D eigenvalue weighted by Gasteiger charge is -2.32. The zero-order valence-corrected chi connectivity index (χ0v) is 20.2. The quantitative estimate of drug-likeness (QED) is 0.368. The number of carbonyl (C=O) groups excluding carboxylic acids is 1. The summed E-state index contributed by atoms with van der Waals surface area (Å²) in [5.41, 5.74) is 2.06. The maximum Gasteiger partial charge on any atom is 0.328 e. The van der Waals surface area contributed by atoms with Crippen molar-refractivity contribution in [1.29, 1.82) is 0 Å². The Morgan fingerprint density at radius 1 is 1.03 bits per heavy atom. The van der Waals surface area contributed by atoms with E-state index in [9.17, 15) is 14.4 Å². The first-order valence-electron chi connectivity index (χ1n) is 11.8. The summed E-state index contributed by atoms with van der Waals surface area (Å²) in [6.07, 6.45) is 7.70. The van der Waals surface area contributed by atoms with Gasteiger partial charge in [-0.15, -0.1) is 0 Å². The summed E-state index contributed by atoms with van der Waals surface area (Å²) < 4.78 is 5.16. The van der Waals surface area contributed by atoms with Gasteiger partial charge in [0.25, 0.3) is 17.6 Å². The molecule has 0 aliphatic carbocycles. The van der Waals surface area contributed by atoms with Crippen LogP contribution in [0.5, 0.6) is 0 Å². The molecule has 1 aliphatic rings. The Hall–Kier alpha value is -4.38. The molecule has 3 heterocycles. The van der Waals surface area contributed by atoms with Gasteiger partial charge < -0.3 is 20.1 Å². The molecular weight excluding hydrogens is 478 g/mol. The van der Waals surface area contributed by atoms with Crippen LogP contribution in [0.2, 0.25) is 0 Å². The van der Waals surface area contributed by atoms with Crippen LogP contribution < -0.4 is 5.32 Å². The van der Waals surface area contributed by atoms with E-state index in [4.69, 9.17) is 14.7 Å². The zero-order valence-electron chi connectivity index (χ0n) is 20.2. The van der Waals surface area contributed by atoms with Gasteiger partial charge in [-0.3, -0.25) is 14.7 Å². The van der Waals surface area contributed by atoms with Crippen LogP contribution >= 0.6 is 0 Å². The number of aromatic nitrogens is 3. The second-order valence-electron chi connectivity index (χ2n) is 8.42. The molecule has 0 atom stereocenters. The molecule has 1 aromatic carbocycles. The number of carboxylic acid groups (broad SMARTS) is 2. The molecule has 11 heteroatoms. The highest BCUT2D eigenvalue weighted by atomic mass is 16.5. The molecule has 194 valence electrons. The fourth-order valence-electron chi connectivity index (χ4n) is 3.81. The number of hydrogen-bond donors (Lipinski definition) is 3. The first kappa shape index (κ1) is 27.2. The third-order valence-electron chi connectivity index (χ3n) is 5.70. The first-order chi connectivity index (χ1) is 17.9. The van der Waals surface area contributed by atoms with Gasteiger partial charge in [-0.2, -0.15) is 4.98 Å². The van der Waals surface area contributed by atoms with Crippen molar-refractivity contribution in [2.45, 2.75) is 25.8 Å². The topological polar surface area (TPSA) is 159 Å². The number of amides is 1. The van der Waals surface area contributed by atoms with Gasteiger partial charge in [0.2, 0.25) is 0 Å². The van der Waals surface area contributed by atoms with Gasteiger partial charge in [-0.1, -0.05) is 35.5 Å². The summed E-state index contributed by atoms with van der Waals surface area (Å²) in [6, 6.07) is 14.2. The Morgan fingerprint density at radius 3 is 2.35 bits per heavy atom. The number of rotatable bonds is 9. The van der Waals surface area contributed by atoms with Gasteiger partial charge in [0, 0.05) is 37.6 Å². The van der Waals surface area contributed by atoms with Crippen molar-refractivity contribution in [3.05, 3.63) is 78.4 Å². The highest BCUT2D eigenvalue weighted by Gasteiger charge is 2.20. The third-order valence-corrected chi connectivity index (χ3v) is 5.70. The maximum atomic E-state index is 12.3. The standard InChI is InChI=1S/C22H25N5O2.C4H4O4/c28-21(20-25-22(29-26-20)19-7-4-11-23-15-19)24-12-8-17-9-13-27(14-10-17)16-18-5-2-1-3-6-18;5-3(6)1-2-4(7)8/h1-7,11,15,17H,8-10,12-14,16H2,(H,24,28);1-2H,(H,5,6)(H,7,8)/b;2-1+. The van der Waals surface area contributed by atoms with Crippen LogP contribution in [0.25, 0.3) is 11.5 Å². The van der Waals surface area contributed by atoms with Crippen LogP contribution in [0.4, 0.5) is 0 Å². The van der Waals surface area contributed by atoms with Gasteiger partial charge in [0.15, 0.2) is 0 Å². The molecule has 0 bridgehead atoms. The summed E-state index contributed by atoms with van der Waals surface area (Å²) in [5.74, 6) is -1.82. The van der Waals surface area contributed by atoms with E-state index in [1.54, 1.807) is 18.5 Å². The molecule has 3 N–H and O–H groups in total. The Kier molecular flexibility index (Phi) is 10.5. The van der Waals surface area contributed by atoms with Crippen LogP contribution in [0, 0.1) is 5.92 Å². The minimum Gasteiger partial charge on any atom is -0.478 e. The Balaban J connectivity index is 0.000000414. The third kappa shape index (κ3) is 9.65. The molecule has 37 heavy (non-hydrogen) atoms. The monoisotopic (exact) mass is 507 g/mol. The number of likely N-dealkylation sites (tertiary alicyclic amines) is 1. The van der Waals surface area contributed by atoms with E-state index in [-0.39, 0.29) is 11.7 Å². The second-order valence-corrected chi connectivity index (χ2v) is 8.42. The Morgan fingerprint density at radius 2 is 1.73 bits per heavy atom. The number of nitrogens with zero attached hydrogens (tertiary/aromatic N) is 4. The molecule has 1 fully saturated rings. The normalized spacial score (nSPS) is 14.1. The van der Waals surface area contributed by atoms with Crippen LogP contribution in [-0.4, -0.2) is 67.7 Å². The minimum absolute atomic E-state index is 0.0570. The average Bonchev–Trinajstić information content (AvgIpc) is 3.41. The van der Waals surface area contributed by atoms with E-state index in [1.807, 2.05) is 6.07 Å². The van der Waals surface area contributed by atoms with Gasteiger partial charge >= 0.3 is 11.9 Å². The van der Waals surface area contributed by atoms with Gasteiger partial charge in [-0.25, -0.2) is 9.59 Å². The van der Waals surface area contributed by atoms with Crippen LogP contribution in [0.15, 0.2) is 71.5 Å². The van der Waals surface area contributed by atoms with Crippen LogP contribution in [-0.2, 0) is 16.1 Å². The number of nitrogens with one attached hydrogen (secondary N) is 1. The fraction of sp³-hybridized carbons (Fsp3) is 0.308. The predicted octanol–water partition coefficient (Wildman–Crippen LogP) is 2.88. The zero-order chi connectivity index (χ0) is 26.5. The fourth-order valence-corrected chi connectivity index (χ4v) is 3.81. The van der Waals surface area contributed by atoms with E-state index in [2.05, 4.69) is 55.7 Å². The molecule has 1 saturated heterocycles. The number of carbonyl (C=O) groups is 3. The lowest BCUT2D eigenvalue weighted by atomic mass is 9.93. The number of hydrogen-bond acceptors (Lipinski definition) is 8. The minimum atomic E-state index is -1.26. The molecule has 0 unspecified atom stereocenters. The van der Waals surface area contributed by atoms with Crippen LogP contribution in [0.3, 0.4) is 0 Å². The second kappa shape index (κ2) is 14.2. The van der Waals surface area contributed by atoms with E-state index in [0.717, 1.165) is 38.9 Å². The molecule has 0 saturated carbocycles. The van der Waals surface area contributed by atoms with Crippen molar-refractivity contribution in [2.24, 2.45) is 5.92 Å². The number of pyridine rings is 1. The van der Waals surface area contributed by atoms with Crippen molar-refractivity contribution >= 4 is 17.8 Å². The molecule has 0 radical (unpaired) electrons. The predicted molar refractivity (Wildman–Crippen MR) is 133 cm³/mol. The van der Waals surface area contributed by atoms with E-state index >= 15 is 0 Å². The summed E-state index contributed by atoms with van der Waals surface area (Å²) in [6.45, 7) is 3.85. The highest BCUT2D eigenvalue weighted by molar-refractivity contribution is 5.90. The SMILES string of the molecule is O=C(NCCC1CCN(Cc2ccccc2)CC1)c1noc(-c2cccnc2)n1.O=C(O)/C=C/C(=O)O. The molecular formula is C26H29N5O6. The van der Waals surface area contributed by atoms with Crippen molar-refractivity contribution in [3.8, 4) is 11.5 Å². The van der Waals surface area contributed by atoms with Crippen molar-refractivity contribution in [3.63, 3.8) is 0 Å². The van der Waals surface area contributed by atoms with E-state index in [1.165, 1.54) is 5.56 Å². The van der Waals surface area contributed by atoms with E-state index in [0.29, 0.717) is 36.1 Å².